The summed E-state index contributed by atoms with van der Waals surface area (Å²) in [5, 5.41) is 36.8. The van der Waals surface area contributed by atoms with E-state index in [9.17, 15) is 43.8 Å². The molecule has 0 aromatic carbocycles. The third-order valence-corrected chi connectivity index (χ3v) is 6.15. The zero-order valence-electron chi connectivity index (χ0n) is 23.0. The minimum absolute atomic E-state index is 0.000474. The number of H-pyrrole nitrogens is 1. The zero-order chi connectivity index (χ0) is 32.0. The lowest BCUT2D eigenvalue weighted by atomic mass is 10.0. The Morgan fingerprint density at radius 1 is 0.857 bits per heavy atom. The van der Waals surface area contributed by atoms with Crippen LogP contribution in [-0.2, 0) is 40.0 Å². The molecule has 0 fully saturated rings. The molecule has 18 heteroatoms. The third kappa shape index (κ3) is 13.0. The van der Waals surface area contributed by atoms with Crippen molar-refractivity contribution in [1.29, 1.82) is 0 Å². The first-order valence-corrected chi connectivity index (χ1v) is 13.5. The number of carbonyl (C=O) groups is 7. The van der Waals surface area contributed by atoms with Gasteiger partial charge in [-0.2, -0.15) is 12.6 Å². The first kappa shape index (κ1) is 35.8. The molecule has 0 aliphatic rings. The highest BCUT2D eigenvalue weighted by atomic mass is 32.1. The van der Waals surface area contributed by atoms with E-state index in [1.165, 1.54) is 12.5 Å². The molecule has 42 heavy (non-hydrogen) atoms. The second-order valence-corrected chi connectivity index (χ2v) is 10.2. The van der Waals surface area contributed by atoms with E-state index in [1.807, 2.05) is 0 Å². The molecular formula is C24H37N7O10S. The maximum Gasteiger partial charge on any atom is 0.326 e. The van der Waals surface area contributed by atoms with Crippen molar-refractivity contribution in [3.05, 3.63) is 18.2 Å². The lowest BCUT2D eigenvalue weighted by Crippen LogP contribution is -2.59. The number of carbonyl (C=O) groups excluding carboxylic acids is 4. The maximum absolute atomic E-state index is 13.3. The molecule has 17 nitrogen and oxygen atoms in total. The van der Waals surface area contributed by atoms with E-state index in [1.54, 1.807) is 13.8 Å². The molecule has 0 radical (unpaired) electrons. The molecule has 1 rings (SSSR count). The molecule has 0 aliphatic carbocycles. The first-order valence-electron chi connectivity index (χ1n) is 12.9. The van der Waals surface area contributed by atoms with E-state index in [2.05, 4.69) is 43.9 Å². The van der Waals surface area contributed by atoms with E-state index in [4.69, 9.17) is 10.8 Å². The largest absolute Gasteiger partial charge is 0.481 e. The number of nitrogens with one attached hydrogen (secondary N) is 5. The van der Waals surface area contributed by atoms with Gasteiger partial charge in [0.15, 0.2) is 0 Å². The molecule has 4 amide bonds. The van der Waals surface area contributed by atoms with Gasteiger partial charge in [-0.1, -0.05) is 13.8 Å². The molecule has 0 saturated carbocycles. The van der Waals surface area contributed by atoms with Crippen molar-refractivity contribution in [1.82, 2.24) is 31.2 Å². The van der Waals surface area contributed by atoms with Gasteiger partial charge in [0, 0.05) is 30.5 Å². The second-order valence-electron chi connectivity index (χ2n) is 9.81. The Morgan fingerprint density at radius 3 is 1.90 bits per heavy atom. The van der Waals surface area contributed by atoms with Gasteiger partial charge in [0.2, 0.25) is 23.6 Å². The second kappa shape index (κ2) is 17.6. The fourth-order valence-electron chi connectivity index (χ4n) is 3.62. The summed E-state index contributed by atoms with van der Waals surface area (Å²) in [6.45, 7) is 3.57. The highest BCUT2D eigenvalue weighted by Crippen LogP contribution is 2.09. The fourth-order valence-corrected chi connectivity index (χ4v) is 3.78. The van der Waals surface area contributed by atoms with Gasteiger partial charge in [-0.15, -0.1) is 0 Å². The monoisotopic (exact) mass is 615 g/mol. The Morgan fingerprint density at radius 2 is 1.40 bits per heavy atom. The third-order valence-electron chi connectivity index (χ3n) is 5.76. The summed E-state index contributed by atoms with van der Waals surface area (Å²) >= 11 is 3.96. The summed E-state index contributed by atoms with van der Waals surface area (Å²) in [6, 6.07) is -6.95. The van der Waals surface area contributed by atoms with Gasteiger partial charge in [0.05, 0.1) is 18.8 Å². The number of imidazole rings is 1. The number of amides is 4. The van der Waals surface area contributed by atoms with Crippen LogP contribution in [-0.4, -0.2) is 103 Å². The lowest BCUT2D eigenvalue weighted by molar-refractivity contribution is -0.147. The quantitative estimate of drug-likeness (QED) is 0.0730. The number of aromatic nitrogens is 2. The topological polar surface area (TPSA) is 283 Å². The van der Waals surface area contributed by atoms with Crippen LogP contribution >= 0.6 is 12.6 Å². The number of nitrogens with two attached hydrogens (primary N) is 1. The Bertz CT molecular complexity index is 1120. The average molecular weight is 616 g/mol. The van der Waals surface area contributed by atoms with Crippen molar-refractivity contribution >= 4 is 54.2 Å². The number of carboxylic acids is 3. The molecule has 0 bridgehead atoms. The predicted molar refractivity (Wildman–Crippen MR) is 148 cm³/mol. The van der Waals surface area contributed by atoms with Crippen molar-refractivity contribution in [2.75, 3.05) is 5.75 Å². The van der Waals surface area contributed by atoms with Crippen LogP contribution in [0, 0.1) is 5.92 Å². The van der Waals surface area contributed by atoms with Crippen LogP contribution in [0.15, 0.2) is 12.5 Å². The van der Waals surface area contributed by atoms with Crippen molar-refractivity contribution in [2.45, 2.75) is 76.2 Å². The Hall–Kier alpha value is -4.19. The van der Waals surface area contributed by atoms with Gasteiger partial charge in [-0.25, -0.2) is 9.78 Å². The smallest absolute Gasteiger partial charge is 0.326 e. The standard InChI is InChI=1S/C24H37N7O10S/c1-11(2)5-15(29-20(36)13(25)9-42)22(38)28-14(3-4-18(32)33)21(37)30-16(6-12-8-26-10-27-12)23(39)31-17(24(40)41)7-19(34)35/h8,10-11,13-17,42H,3-7,9,25H2,1-2H3,(H,26,27)(H,28,38)(H,29,36)(H,30,37)(H,31,39)(H,32,33)(H,34,35)(H,40,41)/t13-,14-,15-,16-,17-/m0/s1. The van der Waals surface area contributed by atoms with Crippen molar-refractivity contribution in [2.24, 2.45) is 11.7 Å². The SMILES string of the molecule is CC(C)C[C@H](NC(=O)[C@@H](N)CS)C(=O)N[C@@H](CCC(=O)O)C(=O)N[C@@H](Cc1cnc[nH]1)C(=O)N[C@@H](CC(=O)O)C(=O)O. The van der Waals surface area contributed by atoms with Crippen LogP contribution < -0.4 is 27.0 Å². The Labute approximate surface area is 246 Å². The number of thiol groups is 1. The number of nitrogens with zero attached hydrogens (tertiary/aromatic N) is 1. The number of hydrogen-bond donors (Lipinski definition) is 10. The van der Waals surface area contributed by atoms with Crippen molar-refractivity contribution < 1.29 is 48.9 Å². The van der Waals surface area contributed by atoms with E-state index >= 15 is 0 Å². The summed E-state index contributed by atoms with van der Waals surface area (Å²) in [4.78, 5) is 92.1. The molecule has 0 aliphatic heterocycles. The molecule has 234 valence electrons. The fraction of sp³-hybridized carbons (Fsp3) is 0.583. The lowest BCUT2D eigenvalue weighted by Gasteiger charge is -2.26. The minimum Gasteiger partial charge on any atom is -0.481 e. The maximum atomic E-state index is 13.3. The van der Waals surface area contributed by atoms with Gasteiger partial charge in [-0.3, -0.25) is 28.8 Å². The normalized spacial score (nSPS) is 14.5. The average Bonchev–Trinajstić information content (AvgIpc) is 3.41. The molecule has 10 N–H and O–H groups in total. The van der Waals surface area contributed by atoms with Gasteiger partial charge < -0.3 is 47.3 Å². The summed E-state index contributed by atoms with van der Waals surface area (Å²) in [6.07, 6.45) is 0.621. The molecule has 1 heterocycles. The molecular weight excluding hydrogens is 578 g/mol. The van der Waals surface area contributed by atoms with Crippen molar-refractivity contribution in [3.63, 3.8) is 0 Å². The van der Waals surface area contributed by atoms with Gasteiger partial charge in [0.1, 0.15) is 24.2 Å². The van der Waals surface area contributed by atoms with E-state index in [-0.39, 0.29) is 24.5 Å². The molecule has 0 unspecified atom stereocenters. The number of rotatable bonds is 19. The van der Waals surface area contributed by atoms with Gasteiger partial charge in [0.25, 0.3) is 0 Å². The van der Waals surface area contributed by atoms with Crippen LogP contribution in [0.1, 0.15) is 45.2 Å². The molecule has 0 saturated heterocycles. The minimum atomic E-state index is -1.82. The predicted octanol–water partition coefficient (Wildman–Crippen LogP) is -2.38. The summed E-state index contributed by atoms with van der Waals surface area (Å²) in [5.41, 5.74) is 6.02. The highest BCUT2D eigenvalue weighted by molar-refractivity contribution is 7.80. The zero-order valence-corrected chi connectivity index (χ0v) is 23.9. The molecule has 1 aromatic heterocycles. The van der Waals surface area contributed by atoms with Crippen LogP contribution in [0.25, 0.3) is 0 Å². The molecule has 0 spiro atoms. The van der Waals surface area contributed by atoms with E-state index in [0.717, 1.165) is 0 Å². The van der Waals surface area contributed by atoms with Crippen LogP contribution in [0.4, 0.5) is 0 Å². The highest BCUT2D eigenvalue weighted by Gasteiger charge is 2.33. The van der Waals surface area contributed by atoms with Crippen LogP contribution in [0.2, 0.25) is 0 Å². The van der Waals surface area contributed by atoms with E-state index < -0.39 is 91.0 Å². The number of carboxylic acid groups (broad SMARTS) is 3. The molecule has 1 aromatic rings. The Kier molecular flexibility index (Phi) is 15.0. The Balaban J connectivity index is 3.23. The van der Waals surface area contributed by atoms with Crippen LogP contribution in [0.5, 0.6) is 0 Å². The van der Waals surface area contributed by atoms with Crippen molar-refractivity contribution in [3.8, 4) is 0 Å². The van der Waals surface area contributed by atoms with E-state index in [0.29, 0.717) is 5.69 Å². The first-order chi connectivity index (χ1) is 19.6. The van der Waals surface area contributed by atoms with Gasteiger partial charge >= 0.3 is 17.9 Å². The number of hydrogen-bond acceptors (Lipinski definition) is 10. The summed E-state index contributed by atoms with van der Waals surface area (Å²) < 4.78 is 0. The molecule has 5 atom stereocenters. The number of aromatic amines is 1. The summed E-state index contributed by atoms with van der Waals surface area (Å²) in [7, 11) is 0. The van der Waals surface area contributed by atoms with Crippen LogP contribution in [0.3, 0.4) is 0 Å². The summed E-state index contributed by atoms with van der Waals surface area (Å²) in [5.74, 6) is -8.00. The number of aliphatic carboxylic acids is 3. The van der Waals surface area contributed by atoms with Gasteiger partial charge in [-0.05, 0) is 18.8 Å².